The van der Waals surface area contributed by atoms with E-state index in [1.165, 1.54) is 31.0 Å². The zero-order valence-corrected chi connectivity index (χ0v) is 22.4. The first kappa shape index (κ1) is 26.0. The van der Waals surface area contributed by atoms with Crippen LogP contribution in [0.3, 0.4) is 0 Å². The molecule has 0 atom stereocenters. The van der Waals surface area contributed by atoms with E-state index in [9.17, 15) is 4.79 Å². The van der Waals surface area contributed by atoms with Crippen molar-refractivity contribution in [2.45, 2.75) is 43.3 Å². The van der Waals surface area contributed by atoms with Crippen molar-refractivity contribution in [1.82, 2.24) is 20.2 Å². The van der Waals surface area contributed by atoms with Crippen molar-refractivity contribution in [3.8, 4) is 22.9 Å². The molecule has 1 amide bonds. The summed E-state index contributed by atoms with van der Waals surface area (Å²) in [6.07, 6.45) is 7.37. The number of thioether (sulfide) groups is 1. The summed E-state index contributed by atoms with van der Waals surface area (Å²) in [6, 6.07) is 25.0. The highest BCUT2D eigenvalue weighted by Crippen LogP contribution is 2.35. The van der Waals surface area contributed by atoms with E-state index < -0.39 is 0 Å². The quantitative estimate of drug-likeness (QED) is 0.137. The fraction of sp³-hybridized carbons (Fsp3) is 0.241. The van der Waals surface area contributed by atoms with Crippen molar-refractivity contribution in [1.29, 1.82) is 0 Å². The number of hydrazone groups is 1. The number of carbonyl (C=O) groups is 1. The van der Waals surface area contributed by atoms with Crippen LogP contribution >= 0.6 is 23.4 Å². The first-order valence-electron chi connectivity index (χ1n) is 12.6. The molecular weight excluding hydrogens is 518 g/mol. The molecule has 9 heteroatoms. The lowest BCUT2D eigenvalue weighted by Crippen LogP contribution is -2.20. The fourth-order valence-corrected chi connectivity index (χ4v) is 5.39. The number of hydrogen-bond donors (Lipinski definition) is 1. The molecule has 0 bridgehead atoms. The Hall–Kier alpha value is -3.62. The maximum atomic E-state index is 12.6. The molecule has 1 fully saturated rings. The van der Waals surface area contributed by atoms with E-state index in [4.69, 9.17) is 16.3 Å². The van der Waals surface area contributed by atoms with Gasteiger partial charge in [0.05, 0.1) is 12.0 Å². The van der Waals surface area contributed by atoms with Crippen LogP contribution in [0.15, 0.2) is 89.1 Å². The van der Waals surface area contributed by atoms with Gasteiger partial charge in [0.2, 0.25) is 0 Å². The van der Waals surface area contributed by atoms with E-state index in [1.54, 1.807) is 6.21 Å². The largest absolute Gasteiger partial charge is 0.457 e. The van der Waals surface area contributed by atoms with Crippen molar-refractivity contribution in [2.75, 3.05) is 5.75 Å². The normalized spacial score (nSPS) is 14.0. The van der Waals surface area contributed by atoms with E-state index in [1.807, 2.05) is 78.9 Å². The Morgan fingerprint density at radius 2 is 1.76 bits per heavy atom. The zero-order valence-electron chi connectivity index (χ0n) is 20.8. The minimum atomic E-state index is -0.214. The van der Waals surface area contributed by atoms with Gasteiger partial charge in [-0.25, -0.2) is 5.43 Å². The first-order chi connectivity index (χ1) is 18.7. The third-order valence-electron chi connectivity index (χ3n) is 6.28. The topological polar surface area (TPSA) is 81.4 Å². The molecule has 5 rings (SSSR count). The van der Waals surface area contributed by atoms with Crippen LogP contribution in [0.5, 0.6) is 11.5 Å². The molecule has 4 aromatic rings. The molecular formula is C29H28ClN5O2S. The second kappa shape index (κ2) is 12.8. The summed E-state index contributed by atoms with van der Waals surface area (Å²) in [5.41, 5.74) is 4.39. The summed E-state index contributed by atoms with van der Waals surface area (Å²) in [5, 5.41) is 14.5. The van der Waals surface area contributed by atoms with E-state index in [0.717, 1.165) is 40.7 Å². The van der Waals surface area contributed by atoms with Gasteiger partial charge in [-0.1, -0.05) is 73.0 Å². The molecule has 7 nitrogen and oxygen atoms in total. The van der Waals surface area contributed by atoms with Gasteiger partial charge in [0.1, 0.15) is 11.5 Å². The van der Waals surface area contributed by atoms with Crippen LogP contribution in [0, 0.1) is 0 Å². The van der Waals surface area contributed by atoms with Gasteiger partial charge in [-0.3, -0.25) is 9.36 Å². The number of benzene rings is 3. The third kappa shape index (κ3) is 6.82. The molecule has 0 spiro atoms. The number of nitrogens with one attached hydrogen (secondary N) is 1. The number of nitrogens with zero attached hydrogens (tertiary/aromatic N) is 4. The summed E-state index contributed by atoms with van der Waals surface area (Å²) < 4.78 is 8.06. The van der Waals surface area contributed by atoms with Gasteiger partial charge in [0.15, 0.2) is 11.0 Å². The Morgan fingerprint density at radius 3 is 2.55 bits per heavy atom. The van der Waals surface area contributed by atoms with Crippen molar-refractivity contribution in [3.63, 3.8) is 0 Å². The smallest absolute Gasteiger partial charge is 0.250 e. The van der Waals surface area contributed by atoms with Crippen LogP contribution in [0.2, 0.25) is 5.02 Å². The number of hydrogen-bond acceptors (Lipinski definition) is 6. The predicted molar refractivity (Wildman–Crippen MR) is 152 cm³/mol. The standard InChI is InChI=1S/C29H28ClN5O2S/c30-23-16-14-22(15-17-23)28-33-34-29(35(28)24-9-3-1-4-10-24)38-20-27(36)32-31-19-21-8-7-13-26(18-21)37-25-11-5-2-6-12-25/h2,5-8,11-19,24H,1,3-4,9-10,20H2,(H,32,36). The first-order valence-corrected chi connectivity index (χ1v) is 14.0. The predicted octanol–water partition coefficient (Wildman–Crippen LogP) is 7.14. The molecule has 0 unspecified atom stereocenters. The third-order valence-corrected chi connectivity index (χ3v) is 7.47. The van der Waals surface area contributed by atoms with E-state index >= 15 is 0 Å². The molecule has 3 aromatic carbocycles. The Balaban J connectivity index is 1.21. The highest BCUT2D eigenvalue weighted by Gasteiger charge is 2.24. The number of halogens is 1. The Labute approximate surface area is 231 Å². The van der Waals surface area contributed by atoms with Gasteiger partial charge in [-0.05, 0) is 66.9 Å². The van der Waals surface area contributed by atoms with Crippen molar-refractivity contribution in [3.05, 3.63) is 89.4 Å². The molecule has 1 heterocycles. The molecule has 38 heavy (non-hydrogen) atoms. The van der Waals surface area contributed by atoms with E-state index in [0.29, 0.717) is 16.8 Å². The monoisotopic (exact) mass is 545 g/mol. The second-order valence-electron chi connectivity index (χ2n) is 9.04. The van der Waals surface area contributed by atoms with Crippen LogP contribution in [-0.4, -0.2) is 32.6 Å². The van der Waals surface area contributed by atoms with E-state index in [2.05, 4.69) is 25.3 Å². The minimum Gasteiger partial charge on any atom is -0.457 e. The van der Waals surface area contributed by atoms with Gasteiger partial charge < -0.3 is 4.74 Å². The molecule has 1 saturated carbocycles. The molecule has 1 N–H and O–H groups in total. The molecule has 194 valence electrons. The molecule has 0 aliphatic heterocycles. The molecule has 1 aromatic heterocycles. The average molecular weight is 546 g/mol. The molecule has 0 radical (unpaired) electrons. The van der Waals surface area contributed by atoms with Crippen LogP contribution in [-0.2, 0) is 4.79 Å². The maximum absolute atomic E-state index is 12.6. The number of rotatable bonds is 9. The summed E-state index contributed by atoms with van der Waals surface area (Å²) in [6.45, 7) is 0. The lowest BCUT2D eigenvalue weighted by molar-refractivity contribution is -0.118. The van der Waals surface area contributed by atoms with E-state index in [-0.39, 0.29) is 11.7 Å². The van der Waals surface area contributed by atoms with Gasteiger partial charge >= 0.3 is 0 Å². The van der Waals surface area contributed by atoms with Crippen molar-refractivity contribution in [2.24, 2.45) is 5.10 Å². The molecule has 0 saturated heterocycles. The lowest BCUT2D eigenvalue weighted by Gasteiger charge is -2.25. The number of ether oxygens (including phenoxy) is 1. The Kier molecular flexibility index (Phi) is 8.73. The average Bonchev–Trinajstić information content (AvgIpc) is 3.37. The summed E-state index contributed by atoms with van der Waals surface area (Å²) in [4.78, 5) is 12.6. The van der Waals surface area contributed by atoms with Gasteiger partial charge in [0, 0.05) is 16.6 Å². The van der Waals surface area contributed by atoms with Crippen LogP contribution in [0.4, 0.5) is 0 Å². The number of carbonyl (C=O) groups excluding carboxylic acids is 1. The molecule has 1 aliphatic rings. The Bertz CT molecular complexity index is 1390. The fourth-order valence-electron chi connectivity index (χ4n) is 4.46. The van der Waals surface area contributed by atoms with Crippen LogP contribution < -0.4 is 10.2 Å². The highest BCUT2D eigenvalue weighted by atomic mass is 35.5. The number of para-hydroxylation sites is 1. The minimum absolute atomic E-state index is 0.181. The SMILES string of the molecule is O=C(CSc1nnc(-c2ccc(Cl)cc2)n1C1CCCCC1)NN=Cc1cccc(Oc2ccccc2)c1. The van der Waals surface area contributed by atoms with Crippen LogP contribution in [0.25, 0.3) is 11.4 Å². The summed E-state index contributed by atoms with van der Waals surface area (Å²) in [5.74, 6) is 2.23. The number of aromatic nitrogens is 3. The second-order valence-corrected chi connectivity index (χ2v) is 10.4. The Morgan fingerprint density at radius 1 is 1.00 bits per heavy atom. The van der Waals surface area contributed by atoms with Gasteiger partial charge in [0.25, 0.3) is 5.91 Å². The van der Waals surface area contributed by atoms with Crippen molar-refractivity contribution < 1.29 is 9.53 Å². The summed E-state index contributed by atoms with van der Waals surface area (Å²) in [7, 11) is 0. The highest BCUT2D eigenvalue weighted by molar-refractivity contribution is 7.99. The summed E-state index contributed by atoms with van der Waals surface area (Å²) >= 11 is 7.46. The van der Waals surface area contributed by atoms with Crippen LogP contribution in [0.1, 0.15) is 43.7 Å². The lowest BCUT2D eigenvalue weighted by atomic mass is 9.95. The number of amides is 1. The van der Waals surface area contributed by atoms with Gasteiger partial charge in [-0.15, -0.1) is 10.2 Å². The van der Waals surface area contributed by atoms with Gasteiger partial charge in [-0.2, -0.15) is 5.10 Å². The molecule has 1 aliphatic carbocycles. The maximum Gasteiger partial charge on any atom is 0.250 e. The van der Waals surface area contributed by atoms with Crippen molar-refractivity contribution >= 4 is 35.5 Å². The zero-order chi connectivity index (χ0) is 26.2.